The van der Waals surface area contributed by atoms with Gasteiger partial charge in [0.25, 0.3) is 0 Å². The van der Waals surface area contributed by atoms with Crippen LogP contribution in [-0.4, -0.2) is 14.8 Å². The third kappa shape index (κ3) is 2.17. The van der Waals surface area contributed by atoms with Crippen LogP contribution in [0.5, 0.6) is 11.5 Å². The first-order valence-corrected chi connectivity index (χ1v) is 10.4. The minimum Gasteiger partial charge on any atom is -0.508 e. The normalized spacial score (nSPS) is 12.2. The Balaban J connectivity index is 1.69. The van der Waals surface area contributed by atoms with Crippen LogP contribution in [0.1, 0.15) is 5.56 Å². The van der Waals surface area contributed by atoms with Crippen LogP contribution >= 0.6 is 0 Å². The number of para-hydroxylation sites is 1. The van der Waals surface area contributed by atoms with Crippen molar-refractivity contribution < 1.29 is 19.0 Å². The Bertz CT molecular complexity index is 1870. The molecule has 0 saturated heterocycles. The molecule has 0 unspecified atom stereocenters. The maximum atomic E-state index is 10.3. The summed E-state index contributed by atoms with van der Waals surface area (Å²) < 4.78 is 14.6. The van der Waals surface area contributed by atoms with Gasteiger partial charge in [0.15, 0.2) is 0 Å². The number of aryl methyl sites for hydroxylation is 1. The van der Waals surface area contributed by atoms with Gasteiger partial charge in [-0.3, -0.25) is 0 Å². The monoisotopic (exact) mass is 419 g/mol. The Hall–Kier alpha value is -4.38. The van der Waals surface area contributed by atoms with Gasteiger partial charge in [0.05, 0.1) is 10.9 Å². The van der Waals surface area contributed by atoms with E-state index in [1.54, 1.807) is 24.3 Å². The lowest BCUT2D eigenvalue weighted by atomic mass is 10.1. The molecule has 154 valence electrons. The number of fused-ring (bicyclic) bond motifs is 7. The molecule has 5 nitrogen and oxygen atoms in total. The van der Waals surface area contributed by atoms with E-state index >= 15 is 0 Å². The highest BCUT2D eigenvalue weighted by molar-refractivity contribution is 6.22. The maximum Gasteiger partial charge on any atom is 0.216 e. The van der Waals surface area contributed by atoms with Crippen LogP contribution in [-0.2, 0) is 0 Å². The number of hydrogen-bond acceptors (Lipinski definition) is 4. The molecular formula is C27H17NO4. The van der Waals surface area contributed by atoms with Gasteiger partial charge in [0.1, 0.15) is 22.7 Å². The Kier molecular flexibility index (Phi) is 3.17. The molecule has 3 aromatic heterocycles. The van der Waals surface area contributed by atoms with E-state index in [-0.39, 0.29) is 11.5 Å². The summed E-state index contributed by atoms with van der Waals surface area (Å²) in [4.78, 5) is 0. The molecule has 0 aliphatic rings. The van der Waals surface area contributed by atoms with Crippen LogP contribution in [0.4, 0.5) is 0 Å². The van der Waals surface area contributed by atoms with Gasteiger partial charge in [-0.1, -0.05) is 24.3 Å². The Morgan fingerprint density at radius 2 is 1.50 bits per heavy atom. The molecule has 5 heteroatoms. The SMILES string of the molecule is Cc1c(-n2c3cc(O)ccc3c3c4cc5cc(O)ccc5cc4oc32)oc2ccccc12. The first-order valence-electron chi connectivity index (χ1n) is 10.4. The molecule has 32 heavy (non-hydrogen) atoms. The lowest BCUT2D eigenvalue weighted by molar-refractivity contribution is 0.475. The number of phenols is 2. The molecule has 7 aromatic rings. The van der Waals surface area contributed by atoms with E-state index in [0.717, 1.165) is 54.6 Å². The second-order valence-corrected chi connectivity index (χ2v) is 8.23. The van der Waals surface area contributed by atoms with Crippen molar-refractivity contribution in [3.63, 3.8) is 0 Å². The Morgan fingerprint density at radius 3 is 2.38 bits per heavy atom. The number of hydrogen-bond donors (Lipinski definition) is 2. The van der Waals surface area contributed by atoms with Crippen molar-refractivity contribution in [1.82, 2.24) is 4.57 Å². The molecule has 0 amide bonds. The number of aromatic hydroxyl groups is 2. The van der Waals surface area contributed by atoms with Crippen molar-refractivity contribution in [2.45, 2.75) is 6.92 Å². The van der Waals surface area contributed by atoms with E-state index in [1.807, 2.05) is 60.0 Å². The molecule has 0 aliphatic heterocycles. The number of phenolic OH excluding ortho intramolecular Hbond substituents is 2. The fraction of sp³-hybridized carbons (Fsp3) is 0.0370. The standard InChI is InChI=1S/C27H17NO4/c1-14-19-4-2-3-5-23(19)31-26(14)28-22-13-18(30)8-9-20(22)25-21-11-16-10-17(29)7-6-15(16)12-24(21)32-27(25)28/h2-13,29-30H,1H3. The predicted octanol–water partition coefficient (Wildman–Crippen LogP) is 7.15. The number of rotatable bonds is 1. The molecule has 7 rings (SSSR count). The highest BCUT2D eigenvalue weighted by Crippen LogP contribution is 2.43. The van der Waals surface area contributed by atoms with Crippen molar-refractivity contribution in [2.24, 2.45) is 0 Å². The molecule has 0 saturated carbocycles. The van der Waals surface area contributed by atoms with E-state index in [0.29, 0.717) is 11.6 Å². The molecule has 0 fully saturated rings. The van der Waals surface area contributed by atoms with Crippen LogP contribution in [0, 0.1) is 6.92 Å². The molecule has 4 aromatic carbocycles. The van der Waals surface area contributed by atoms with Crippen molar-refractivity contribution in [3.05, 3.63) is 78.4 Å². The second-order valence-electron chi connectivity index (χ2n) is 8.23. The fourth-order valence-corrected chi connectivity index (χ4v) is 4.83. The van der Waals surface area contributed by atoms with Crippen molar-refractivity contribution in [2.75, 3.05) is 0 Å². The zero-order valence-electron chi connectivity index (χ0n) is 17.1. The number of nitrogens with zero attached hydrogens (tertiary/aromatic N) is 1. The average molecular weight is 419 g/mol. The van der Waals surface area contributed by atoms with Crippen molar-refractivity contribution >= 4 is 54.7 Å². The van der Waals surface area contributed by atoms with Gasteiger partial charge in [-0.25, -0.2) is 4.57 Å². The molecule has 0 aliphatic carbocycles. The first kappa shape index (κ1) is 17.3. The summed E-state index contributed by atoms with van der Waals surface area (Å²) in [6.07, 6.45) is 0. The highest BCUT2D eigenvalue weighted by atomic mass is 16.4. The van der Waals surface area contributed by atoms with Gasteiger partial charge in [0, 0.05) is 27.8 Å². The summed E-state index contributed by atoms with van der Waals surface area (Å²) >= 11 is 0. The topological polar surface area (TPSA) is 71.7 Å². The summed E-state index contributed by atoms with van der Waals surface area (Å²) in [6.45, 7) is 2.03. The van der Waals surface area contributed by atoms with Crippen LogP contribution in [0.2, 0.25) is 0 Å². The largest absolute Gasteiger partial charge is 0.508 e. The van der Waals surface area contributed by atoms with E-state index in [9.17, 15) is 10.2 Å². The highest BCUT2D eigenvalue weighted by Gasteiger charge is 2.23. The third-order valence-corrected chi connectivity index (χ3v) is 6.33. The molecule has 0 bridgehead atoms. The minimum atomic E-state index is 0.173. The molecule has 0 atom stereocenters. The van der Waals surface area contributed by atoms with Crippen LogP contribution in [0.25, 0.3) is 60.6 Å². The summed E-state index contributed by atoms with van der Waals surface area (Å²) in [5.74, 6) is 1.06. The van der Waals surface area contributed by atoms with Crippen LogP contribution in [0.3, 0.4) is 0 Å². The summed E-state index contributed by atoms with van der Waals surface area (Å²) in [7, 11) is 0. The smallest absolute Gasteiger partial charge is 0.216 e. The first-order chi connectivity index (χ1) is 15.6. The summed E-state index contributed by atoms with van der Waals surface area (Å²) in [5.41, 5.74) is 4.01. The van der Waals surface area contributed by atoms with E-state index in [1.165, 1.54) is 0 Å². The number of benzene rings is 4. The Labute approximate surface area is 181 Å². The van der Waals surface area contributed by atoms with E-state index in [2.05, 4.69) is 0 Å². The van der Waals surface area contributed by atoms with Crippen LogP contribution in [0.15, 0.2) is 81.6 Å². The van der Waals surface area contributed by atoms with Gasteiger partial charge in [-0.2, -0.15) is 0 Å². The van der Waals surface area contributed by atoms with Gasteiger partial charge < -0.3 is 19.0 Å². The quantitative estimate of drug-likeness (QED) is 0.296. The number of aromatic nitrogens is 1. The lowest BCUT2D eigenvalue weighted by Crippen LogP contribution is -1.93. The minimum absolute atomic E-state index is 0.173. The number of furan rings is 2. The van der Waals surface area contributed by atoms with Crippen molar-refractivity contribution in [1.29, 1.82) is 0 Å². The van der Waals surface area contributed by atoms with E-state index < -0.39 is 0 Å². The molecule has 2 N–H and O–H groups in total. The molecule has 0 spiro atoms. The van der Waals surface area contributed by atoms with Gasteiger partial charge in [-0.15, -0.1) is 0 Å². The summed E-state index contributed by atoms with van der Waals surface area (Å²) in [5, 5.41) is 26.0. The van der Waals surface area contributed by atoms with Gasteiger partial charge in [0.2, 0.25) is 11.6 Å². The van der Waals surface area contributed by atoms with Crippen LogP contribution < -0.4 is 0 Å². The van der Waals surface area contributed by atoms with Gasteiger partial charge >= 0.3 is 0 Å². The van der Waals surface area contributed by atoms with E-state index in [4.69, 9.17) is 8.83 Å². The van der Waals surface area contributed by atoms with Crippen molar-refractivity contribution in [3.8, 4) is 17.4 Å². The Morgan fingerprint density at radius 1 is 0.688 bits per heavy atom. The summed E-state index contributed by atoms with van der Waals surface area (Å²) in [6, 6.07) is 22.6. The third-order valence-electron chi connectivity index (χ3n) is 6.33. The predicted molar refractivity (Wildman–Crippen MR) is 126 cm³/mol. The second kappa shape index (κ2) is 5.86. The molecule has 0 radical (unpaired) electrons. The molecular weight excluding hydrogens is 402 g/mol. The average Bonchev–Trinajstić information content (AvgIpc) is 3.40. The lowest BCUT2D eigenvalue weighted by Gasteiger charge is -2.04. The van der Waals surface area contributed by atoms with Gasteiger partial charge in [-0.05, 0) is 60.2 Å². The zero-order chi connectivity index (χ0) is 21.6. The maximum absolute atomic E-state index is 10.3. The molecule has 3 heterocycles. The zero-order valence-corrected chi connectivity index (χ0v) is 17.1. The fourth-order valence-electron chi connectivity index (χ4n) is 4.83.